The van der Waals surface area contributed by atoms with Crippen LogP contribution in [0.1, 0.15) is 45.5 Å². The van der Waals surface area contributed by atoms with Crippen LogP contribution in [-0.2, 0) is 0 Å². The van der Waals surface area contributed by atoms with Gasteiger partial charge in [0.25, 0.3) is 11.4 Å². The van der Waals surface area contributed by atoms with Gasteiger partial charge in [-0.2, -0.15) is 0 Å². The minimum atomic E-state index is -1.39. The van der Waals surface area contributed by atoms with E-state index in [1.54, 1.807) is 6.92 Å². The zero-order chi connectivity index (χ0) is 24.5. The summed E-state index contributed by atoms with van der Waals surface area (Å²) >= 11 is 0. The number of methoxy groups -OCH3 is 1. The number of unbranched alkanes of at least 4 members (excludes halogenated alkanes) is 2. The van der Waals surface area contributed by atoms with Crippen LogP contribution in [0.3, 0.4) is 0 Å². The van der Waals surface area contributed by atoms with Crippen molar-refractivity contribution >= 4 is 23.6 Å². The predicted molar refractivity (Wildman–Crippen MR) is 115 cm³/mol. The number of hydrogen-bond donors (Lipinski definition) is 1. The molecule has 0 aliphatic heterocycles. The summed E-state index contributed by atoms with van der Waals surface area (Å²) in [6.07, 6.45) is 2.19. The Balaban J connectivity index is 1.88. The first kappa shape index (κ1) is 25.0. The number of aromatic carboxylic acids is 1. The van der Waals surface area contributed by atoms with Crippen LogP contribution in [0.25, 0.3) is 0 Å². The summed E-state index contributed by atoms with van der Waals surface area (Å²) in [7, 11) is 1.36. The molecule has 12 nitrogen and oxygen atoms in total. The Hall–Kier alpha value is -4.22. The van der Waals surface area contributed by atoms with Crippen LogP contribution in [0.2, 0.25) is 0 Å². The lowest BCUT2D eigenvalue weighted by Crippen LogP contribution is -2.06. The molecule has 0 aromatic heterocycles. The number of carboxylic acids is 1. The fourth-order valence-corrected chi connectivity index (χ4v) is 2.99. The van der Waals surface area contributed by atoms with Crippen LogP contribution in [0, 0.1) is 27.2 Å². The SMILES string of the molecule is COc1cc(C=O)c([N+](=O)[O-])cc1OCCCCCOc1cc([N+](=O)[O-])c(C(=O)O)cc1C. The standard InChI is InChI=1S/C21H22N2O10/c1-13-8-15(21(25)26)17(23(29)30)11-18(13)32-6-4-3-5-7-33-20-10-16(22(27)28)14(12-24)9-19(20)31-2/h8-12H,3-7H2,1-2H3,(H,25,26). The maximum Gasteiger partial charge on any atom is 0.342 e. The van der Waals surface area contributed by atoms with Gasteiger partial charge in [0.15, 0.2) is 17.8 Å². The second-order valence-electron chi connectivity index (χ2n) is 6.89. The Morgan fingerprint density at radius 3 is 2.03 bits per heavy atom. The molecule has 2 aromatic carbocycles. The van der Waals surface area contributed by atoms with Crippen LogP contribution in [-0.4, -0.2) is 47.5 Å². The number of nitrogens with zero attached hydrogens (tertiary/aromatic N) is 2. The molecule has 0 saturated heterocycles. The van der Waals surface area contributed by atoms with Gasteiger partial charge in [-0.25, -0.2) is 4.79 Å². The first-order chi connectivity index (χ1) is 15.7. The minimum Gasteiger partial charge on any atom is -0.493 e. The number of nitro groups is 2. The number of aryl methyl sites for hydroxylation is 1. The van der Waals surface area contributed by atoms with Gasteiger partial charge in [-0.1, -0.05) is 0 Å². The highest BCUT2D eigenvalue weighted by Gasteiger charge is 2.22. The normalized spacial score (nSPS) is 10.4. The third kappa shape index (κ3) is 6.38. The van der Waals surface area contributed by atoms with E-state index in [-0.39, 0.29) is 41.7 Å². The molecule has 0 amide bonds. The predicted octanol–water partition coefficient (Wildman–Crippen LogP) is 3.96. The Bertz CT molecular complexity index is 1070. The number of carbonyl (C=O) groups is 2. The van der Waals surface area contributed by atoms with Crippen molar-refractivity contribution in [3.05, 3.63) is 61.2 Å². The van der Waals surface area contributed by atoms with Crippen molar-refractivity contribution in [2.24, 2.45) is 0 Å². The van der Waals surface area contributed by atoms with Gasteiger partial charge in [-0.15, -0.1) is 0 Å². The monoisotopic (exact) mass is 462 g/mol. The van der Waals surface area contributed by atoms with Gasteiger partial charge < -0.3 is 19.3 Å². The molecule has 0 saturated carbocycles. The highest BCUT2D eigenvalue weighted by atomic mass is 16.6. The van der Waals surface area contributed by atoms with Gasteiger partial charge in [0, 0.05) is 6.07 Å². The molecule has 0 atom stereocenters. The van der Waals surface area contributed by atoms with Crippen LogP contribution < -0.4 is 14.2 Å². The Morgan fingerprint density at radius 2 is 1.52 bits per heavy atom. The van der Waals surface area contributed by atoms with Crippen LogP contribution in [0.15, 0.2) is 24.3 Å². The van der Waals surface area contributed by atoms with E-state index in [1.807, 2.05) is 0 Å². The summed E-state index contributed by atoms with van der Waals surface area (Å²) in [5.41, 5.74) is -0.978. The van der Waals surface area contributed by atoms with Crippen molar-refractivity contribution in [3.8, 4) is 17.2 Å². The number of hydrogen-bond acceptors (Lipinski definition) is 9. The van der Waals surface area contributed by atoms with Crippen molar-refractivity contribution in [1.29, 1.82) is 0 Å². The fraction of sp³-hybridized carbons (Fsp3) is 0.333. The van der Waals surface area contributed by atoms with Crippen molar-refractivity contribution in [1.82, 2.24) is 0 Å². The number of carboxylic acid groups (broad SMARTS) is 1. The molecule has 0 radical (unpaired) electrons. The summed E-state index contributed by atoms with van der Waals surface area (Å²) < 4.78 is 16.2. The number of ether oxygens (including phenoxy) is 3. The quantitative estimate of drug-likeness (QED) is 0.199. The summed E-state index contributed by atoms with van der Waals surface area (Å²) in [6, 6.07) is 4.68. The van der Waals surface area contributed by atoms with E-state index in [1.165, 1.54) is 19.2 Å². The van der Waals surface area contributed by atoms with Gasteiger partial charge in [-0.05, 0) is 37.8 Å². The van der Waals surface area contributed by atoms with E-state index in [9.17, 15) is 29.8 Å². The molecule has 12 heteroatoms. The number of nitro benzene ring substituents is 2. The van der Waals surface area contributed by atoms with Gasteiger partial charge in [0.2, 0.25) is 0 Å². The van der Waals surface area contributed by atoms with Gasteiger partial charge in [0.1, 0.15) is 11.3 Å². The molecule has 0 aliphatic rings. The molecular weight excluding hydrogens is 440 g/mol. The molecule has 0 heterocycles. The summed E-state index contributed by atoms with van der Waals surface area (Å²) in [5, 5.41) is 31.3. The molecule has 176 valence electrons. The van der Waals surface area contributed by atoms with Gasteiger partial charge >= 0.3 is 5.97 Å². The molecule has 1 N–H and O–H groups in total. The van der Waals surface area contributed by atoms with Crippen LogP contribution in [0.5, 0.6) is 17.2 Å². The van der Waals surface area contributed by atoms with Crippen molar-refractivity contribution in [2.45, 2.75) is 26.2 Å². The first-order valence-electron chi connectivity index (χ1n) is 9.79. The molecule has 0 fully saturated rings. The third-order valence-corrected chi connectivity index (χ3v) is 4.66. The van der Waals surface area contributed by atoms with E-state index in [4.69, 9.17) is 19.3 Å². The lowest BCUT2D eigenvalue weighted by molar-refractivity contribution is -0.385. The molecule has 33 heavy (non-hydrogen) atoms. The molecule has 0 spiro atoms. The average Bonchev–Trinajstić information content (AvgIpc) is 2.78. The number of rotatable bonds is 13. The molecule has 2 rings (SSSR count). The summed E-state index contributed by atoms with van der Waals surface area (Å²) in [6.45, 7) is 2.07. The van der Waals surface area contributed by atoms with E-state index >= 15 is 0 Å². The molecule has 0 unspecified atom stereocenters. The summed E-state index contributed by atoms with van der Waals surface area (Å²) in [4.78, 5) is 42.9. The topological polar surface area (TPSA) is 168 Å². The van der Waals surface area contributed by atoms with Crippen LogP contribution >= 0.6 is 0 Å². The lowest BCUT2D eigenvalue weighted by atomic mass is 10.1. The largest absolute Gasteiger partial charge is 0.493 e. The maximum absolute atomic E-state index is 11.2. The fourth-order valence-electron chi connectivity index (χ4n) is 2.99. The van der Waals surface area contributed by atoms with Gasteiger partial charge in [0.05, 0.1) is 47.9 Å². The molecule has 0 aliphatic carbocycles. The number of aldehydes is 1. The zero-order valence-corrected chi connectivity index (χ0v) is 17.9. The second-order valence-corrected chi connectivity index (χ2v) is 6.89. The van der Waals surface area contributed by atoms with Crippen molar-refractivity contribution in [3.63, 3.8) is 0 Å². The van der Waals surface area contributed by atoms with E-state index in [0.717, 1.165) is 12.1 Å². The maximum atomic E-state index is 11.2. The zero-order valence-electron chi connectivity index (χ0n) is 17.9. The number of carbonyl (C=O) groups excluding carboxylic acids is 1. The van der Waals surface area contributed by atoms with Crippen molar-refractivity contribution < 1.29 is 38.8 Å². The Morgan fingerprint density at radius 1 is 0.939 bits per heavy atom. The highest BCUT2D eigenvalue weighted by molar-refractivity contribution is 5.93. The second kappa shape index (κ2) is 11.4. The molecule has 2 aromatic rings. The Kier molecular flexibility index (Phi) is 8.66. The van der Waals surface area contributed by atoms with Gasteiger partial charge in [-0.3, -0.25) is 25.0 Å². The minimum absolute atomic E-state index is 0.117. The average molecular weight is 462 g/mol. The van der Waals surface area contributed by atoms with Crippen LogP contribution in [0.4, 0.5) is 11.4 Å². The molecule has 0 bridgehead atoms. The van der Waals surface area contributed by atoms with E-state index in [2.05, 4.69) is 0 Å². The lowest BCUT2D eigenvalue weighted by Gasteiger charge is -2.12. The van der Waals surface area contributed by atoms with E-state index < -0.39 is 27.1 Å². The Labute approximate surface area is 188 Å². The third-order valence-electron chi connectivity index (χ3n) is 4.66. The highest BCUT2D eigenvalue weighted by Crippen LogP contribution is 2.34. The summed E-state index contributed by atoms with van der Waals surface area (Å²) in [5.74, 6) is -0.810. The molecular formula is C21H22N2O10. The first-order valence-corrected chi connectivity index (χ1v) is 9.79. The van der Waals surface area contributed by atoms with E-state index in [0.29, 0.717) is 31.1 Å². The number of benzene rings is 2. The van der Waals surface area contributed by atoms with Crippen molar-refractivity contribution in [2.75, 3.05) is 20.3 Å². The smallest absolute Gasteiger partial charge is 0.342 e.